The molecule has 0 aromatic heterocycles. The van der Waals surface area contributed by atoms with Crippen molar-refractivity contribution in [3.63, 3.8) is 0 Å². The Morgan fingerprint density at radius 2 is 1.67 bits per heavy atom. The molecule has 5 nitrogen and oxygen atoms in total. The van der Waals surface area contributed by atoms with Crippen molar-refractivity contribution in [2.45, 2.75) is 25.9 Å². The van der Waals surface area contributed by atoms with E-state index in [-0.39, 0.29) is 6.54 Å². The highest BCUT2D eigenvalue weighted by Crippen LogP contribution is 2.15. The first-order valence-corrected chi connectivity index (χ1v) is 8.01. The second kappa shape index (κ2) is 8.84. The van der Waals surface area contributed by atoms with E-state index in [1.54, 1.807) is 12.1 Å². The molecule has 0 saturated heterocycles. The molecule has 2 amide bonds. The Kier molecular flexibility index (Phi) is 6.51. The fourth-order valence-electron chi connectivity index (χ4n) is 2.26. The maximum absolute atomic E-state index is 11.8. The first-order chi connectivity index (χ1) is 11.6. The van der Waals surface area contributed by atoms with Crippen LogP contribution in [0.5, 0.6) is 0 Å². The van der Waals surface area contributed by atoms with E-state index in [1.807, 2.05) is 49.4 Å². The summed E-state index contributed by atoms with van der Waals surface area (Å²) in [4.78, 5) is 23.6. The number of hydrogen-bond donors (Lipinski definition) is 3. The molecule has 1 atom stereocenters. The van der Waals surface area contributed by atoms with E-state index >= 15 is 0 Å². The number of benzene rings is 2. The normalized spacial score (nSPS) is 11.6. The molecule has 126 valence electrons. The Balaban J connectivity index is 1.76. The molecule has 2 aromatic rings. The van der Waals surface area contributed by atoms with Gasteiger partial charge in [0, 0.05) is 12.2 Å². The van der Waals surface area contributed by atoms with Crippen LogP contribution in [0.1, 0.15) is 30.6 Å². The van der Waals surface area contributed by atoms with Crippen molar-refractivity contribution < 1.29 is 14.7 Å². The maximum atomic E-state index is 11.8. The molecule has 2 aromatic carbocycles. The number of amides is 2. The fraction of sp³-hybridized carbons (Fsp3) is 0.263. The SMILES string of the molecule is CCc1ccc(NC(=O)C(=O)NCCC(O)c2ccccc2)cc1. The molecular formula is C19H22N2O3. The third-order valence-corrected chi connectivity index (χ3v) is 3.71. The molecule has 2 rings (SSSR count). The van der Waals surface area contributed by atoms with Crippen molar-refractivity contribution in [1.82, 2.24) is 5.32 Å². The number of anilines is 1. The maximum Gasteiger partial charge on any atom is 0.313 e. The molecule has 1 unspecified atom stereocenters. The number of nitrogens with one attached hydrogen (secondary N) is 2. The Morgan fingerprint density at radius 3 is 2.29 bits per heavy atom. The van der Waals surface area contributed by atoms with Crippen molar-refractivity contribution in [3.05, 3.63) is 65.7 Å². The Labute approximate surface area is 141 Å². The summed E-state index contributed by atoms with van der Waals surface area (Å²) in [6.45, 7) is 2.27. The van der Waals surface area contributed by atoms with Crippen molar-refractivity contribution in [2.75, 3.05) is 11.9 Å². The van der Waals surface area contributed by atoms with Crippen LogP contribution in [0.15, 0.2) is 54.6 Å². The minimum atomic E-state index is -0.714. The molecule has 0 fully saturated rings. The van der Waals surface area contributed by atoms with Gasteiger partial charge in [0.25, 0.3) is 0 Å². The summed E-state index contributed by atoms with van der Waals surface area (Å²) in [6, 6.07) is 16.5. The van der Waals surface area contributed by atoms with Crippen LogP contribution in [0.25, 0.3) is 0 Å². The molecule has 0 heterocycles. The zero-order valence-electron chi connectivity index (χ0n) is 13.7. The molecule has 5 heteroatoms. The van der Waals surface area contributed by atoms with E-state index in [1.165, 1.54) is 0 Å². The molecule has 0 aliphatic rings. The molecule has 0 radical (unpaired) electrons. The minimum Gasteiger partial charge on any atom is -0.388 e. The van der Waals surface area contributed by atoms with Crippen molar-refractivity contribution in [1.29, 1.82) is 0 Å². The Morgan fingerprint density at radius 1 is 1.00 bits per heavy atom. The van der Waals surface area contributed by atoms with Gasteiger partial charge in [0.15, 0.2) is 0 Å². The van der Waals surface area contributed by atoms with Gasteiger partial charge in [0.1, 0.15) is 0 Å². The lowest BCUT2D eigenvalue weighted by Gasteiger charge is -2.11. The van der Waals surface area contributed by atoms with Crippen LogP contribution in [0.2, 0.25) is 0 Å². The zero-order valence-corrected chi connectivity index (χ0v) is 13.7. The number of aryl methyl sites for hydroxylation is 1. The summed E-state index contributed by atoms with van der Waals surface area (Å²) in [5.41, 5.74) is 2.52. The summed E-state index contributed by atoms with van der Waals surface area (Å²) < 4.78 is 0. The van der Waals surface area contributed by atoms with Gasteiger partial charge in [0.2, 0.25) is 0 Å². The topological polar surface area (TPSA) is 78.4 Å². The summed E-state index contributed by atoms with van der Waals surface area (Å²) >= 11 is 0. The monoisotopic (exact) mass is 326 g/mol. The van der Waals surface area contributed by atoms with E-state index < -0.39 is 17.9 Å². The van der Waals surface area contributed by atoms with Crippen molar-refractivity contribution >= 4 is 17.5 Å². The van der Waals surface area contributed by atoms with E-state index in [0.29, 0.717) is 12.1 Å². The first-order valence-electron chi connectivity index (χ1n) is 8.01. The number of aliphatic hydroxyl groups is 1. The van der Waals surface area contributed by atoms with Crippen LogP contribution >= 0.6 is 0 Å². The highest BCUT2D eigenvalue weighted by Gasteiger charge is 2.14. The van der Waals surface area contributed by atoms with Gasteiger partial charge in [0.05, 0.1) is 6.10 Å². The molecule has 0 spiro atoms. The van der Waals surface area contributed by atoms with Crippen LogP contribution in [-0.2, 0) is 16.0 Å². The molecule has 0 saturated carbocycles. The highest BCUT2D eigenvalue weighted by molar-refractivity contribution is 6.39. The number of carbonyl (C=O) groups excluding carboxylic acids is 2. The third kappa shape index (κ3) is 5.21. The quantitative estimate of drug-likeness (QED) is 0.713. The average molecular weight is 326 g/mol. The highest BCUT2D eigenvalue weighted by atomic mass is 16.3. The molecule has 0 aliphatic heterocycles. The van der Waals surface area contributed by atoms with Gasteiger partial charge in [-0.05, 0) is 36.1 Å². The molecule has 0 bridgehead atoms. The summed E-state index contributed by atoms with van der Waals surface area (Å²) in [6.07, 6.45) is 0.586. The van der Waals surface area contributed by atoms with Gasteiger partial charge < -0.3 is 15.7 Å². The standard InChI is InChI=1S/C19H22N2O3/c1-2-14-8-10-16(11-9-14)21-19(24)18(23)20-13-12-17(22)15-6-4-3-5-7-15/h3-11,17,22H,2,12-13H2,1H3,(H,20,23)(H,21,24). The second-order valence-electron chi connectivity index (χ2n) is 5.48. The zero-order chi connectivity index (χ0) is 17.4. The molecular weight excluding hydrogens is 304 g/mol. The van der Waals surface area contributed by atoms with E-state index in [2.05, 4.69) is 10.6 Å². The van der Waals surface area contributed by atoms with Crippen LogP contribution in [0.3, 0.4) is 0 Å². The van der Waals surface area contributed by atoms with Crippen molar-refractivity contribution in [3.8, 4) is 0 Å². The smallest absolute Gasteiger partial charge is 0.313 e. The van der Waals surface area contributed by atoms with Gasteiger partial charge >= 0.3 is 11.8 Å². The Bertz CT molecular complexity index is 669. The van der Waals surface area contributed by atoms with Gasteiger partial charge in [-0.1, -0.05) is 49.4 Å². The summed E-state index contributed by atoms with van der Waals surface area (Å²) in [5.74, 6) is -1.43. The van der Waals surface area contributed by atoms with Crippen LogP contribution in [-0.4, -0.2) is 23.5 Å². The van der Waals surface area contributed by atoms with Crippen molar-refractivity contribution in [2.24, 2.45) is 0 Å². The predicted octanol–water partition coefficient (Wildman–Crippen LogP) is 2.43. The lowest BCUT2D eigenvalue weighted by atomic mass is 10.1. The number of carbonyl (C=O) groups is 2. The Hall–Kier alpha value is -2.66. The predicted molar refractivity (Wildman–Crippen MR) is 93.5 cm³/mol. The van der Waals surface area contributed by atoms with Gasteiger partial charge in [-0.2, -0.15) is 0 Å². The molecule has 0 aliphatic carbocycles. The minimum absolute atomic E-state index is 0.219. The van der Waals surface area contributed by atoms with Crippen LogP contribution in [0.4, 0.5) is 5.69 Å². The van der Waals surface area contributed by atoms with E-state index in [9.17, 15) is 14.7 Å². The van der Waals surface area contributed by atoms with Gasteiger partial charge in [-0.25, -0.2) is 0 Å². The van der Waals surface area contributed by atoms with Gasteiger partial charge in [-0.3, -0.25) is 9.59 Å². The average Bonchev–Trinajstić information content (AvgIpc) is 2.62. The van der Waals surface area contributed by atoms with Crippen LogP contribution in [0, 0.1) is 0 Å². The molecule has 3 N–H and O–H groups in total. The lowest BCUT2D eigenvalue weighted by molar-refractivity contribution is -0.136. The first kappa shape index (κ1) is 17.7. The largest absolute Gasteiger partial charge is 0.388 e. The van der Waals surface area contributed by atoms with Crippen LogP contribution < -0.4 is 10.6 Å². The molecule has 24 heavy (non-hydrogen) atoms. The lowest BCUT2D eigenvalue weighted by Crippen LogP contribution is -2.36. The fourth-order valence-corrected chi connectivity index (χ4v) is 2.26. The third-order valence-electron chi connectivity index (χ3n) is 3.71. The summed E-state index contributed by atoms with van der Waals surface area (Å²) in [5, 5.41) is 15.1. The second-order valence-corrected chi connectivity index (χ2v) is 5.48. The van der Waals surface area contributed by atoms with E-state index in [0.717, 1.165) is 17.5 Å². The summed E-state index contributed by atoms with van der Waals surface area (Å²) in [7, 11) is 0. The number of aliphatic hydroxyl groups excluding tert-OH is 1. The number of hydrogen-bond acceptors (Lipinski definition) is 3. The van der Waals surface area contributed by atoms with E-state index in [4.69, 9.17) is 0 Å². The van der Waals surface area contributed by atoms with Gasteiger partial charge in [-0.15, -0.1) is 0 Å². The number of rotatable bonds is 6.